The van der Waals surface area contributed by atoms with Gasteiger partial charge in [-0.15, -0.1) is 0 Å². The number of methoxy groups -OCH3 is 3. The van der Waals surface area contributed by atoms with Gasteiger partial charge in [0.1, 0.15) is 17.3 Å². The molecule has 0 aromatic heterocycles. The number of nitrogen functional groups attached to an aromatic ring is 1. The van der Waals surface area contributed by atoms with Crippen LogP contribution < -0.4 is 5.73 Å². The van der Waals surface area contributed by atoms with Gasteiger partial charge in [-0.2, -0.15) is 0 Å². The highest BCUT2D eigenvalue weighted by Crippen LogP contribution is 2.80. The lowest BCUT2D eigenvalue weighted by Crippen LogP contribution is -2.82. The number of para-hydroxylation sites is 1. The predicted molar refractivity (Wildman–Crippen MR) is 171 cm³/mol. The van der Waals surface area contributed by atoms with Crippen LogP contribution in [-0.2, 0) is 28.5 Å². The molecule has 1 spiro atoms. The van der Waals surface area contributed by atoms with E-state index in [9.17, 15) is 19.8 Å². The molecule has 7 bridgehead atoms. The van der Waals surface area contributed by atoms with Crippen molar-refractivity contribution in [2.45, 2.75) is 94.5 Å². The fourth-order valence-corrected chi connectivity index (χ4v) is 12.2. The molecule has 1 unspecified atom stereocenters. The molecule has 4 N–H and O–H groups in total. The molecule has 260 valence electrons. The molecule has 7 rings (SSSR count). The van der Waals surface area contributed by atoms with Crippen LogP contribution in [0.4, 0.5) is 5.69 Å². The van der Waals surface area contributed by atoms with E-state index in [1.807, 2.05) is 13.8 Å². The van der Waals surface area contributed by atoms with Crippen molar-refractivity contribution in [2.24, 2.45) is 40.4 Å². The first-order chi connectivity index (χ1) is 22.4. The molecule has 11 heteroatoms. The van der Waals surface area contributed by atoms with Gasteiger partial charge in [-0.05, 0) is 50.3 Å². The van der Waals surface area contributed by atoms with E-state index >= 15 is 0 Å². The molecule has 6 fully saturated rings. The average molecular weight is 657 g/mol. The molecule has 14 atom stereocenters. The molecule has 1 saturated heterocycles. The Kier molecular flexibility index (Phi) is 8.05. The highest BCUT2D eigenvalue weighted by Gasteiger charge is 2.92. The van der Waals surface area contributed by atoms with Crippen molar-refractivity contribution in [3.63, 3.8) is 0 Å². The molecule has 0 amide bonds. The normalized spacial score (nSPS) is 46.6. The minimum absolute atomic E-state index is 0.106. The Balaban J connectivity index is 1.39. The Morgan fingerprint density at radius 3 is 2.49 bits per heavy atom. The van der Waals surface area contributed by atoms with E-state index in [-0.39, 0.29) is 48.8 Å². The van der Waals surface area contributed by atoms with Crippen LogP contribution in [0.25, 0.3) is 0 Å². The molecule has 1 aromatic carbocycles. The van der Waals surface area contributed by atoms with Gasteiger partial charge in [-0.25, -0.2) is 4.79 Å². The predicted octanol–water partition coefficient (Wildman–Crippen LogP) is 2.66. The van der Waals surface area contributed by atoms with Crippen molar-refractivity contribution >= 4 is 17.6 Å². The zero-order valence-electron chi connectivity index (χ0n) is 28.5. The number of hydrogen-bond donors (Lipinski definition) is 3. The number of esters is 2. The Hall–Kier alpha value is -2.28. The number of likely N-dealkylation sites (tertiary alicyclic amines) is 1. The van der Waals surface area contributed by atoms with Crippen LogP contribution in [0.5, 0.6) is 0 Å². The van der Waals surface area contributed by atoms with E-state index in [2.05, 4.69) is 11.8 Å². The average Bonchev–Trinajstić information content (AvgIpc) is 3.46. The zero-order valence-corrected chi connectivity index (χ0v) is 28.5. The summed E-state index contributed by atoms with van der Waals surface area (Å²) in [5.74, 6) is -2.27. The van der Waals surface area contributed by atoms with E-state index in [1.54, 1.807) is 45.6 Å². The molecule has 11 nitrogen and oxygen atoms in total. The van der Waals surface area contributed by atoms with Gasteiger partial charge in [0.25, 0.3) is 0 Å². The number of likely N-dealkylation sites (N-methyl/N-ethyl adjacent to an activating group) is 1. The number of ether oxygens (including phenoxy) is 5. The maximum absolute atomic E-state index is 13.5. The van der Waals surface area contributed by atoms with Crippen molar-refractivity contribution in [1.29, 1.82) is 0 Å². The summed E-state index contributed by atoms with van der Waals surface area (Å²) in [7, 11) is 4.97. The molecule has 1 aliphatic heterocycles. The van der Waals surface area contributed by atoms with Crippen molar-refractivity contribution in [2.75, 3.05) is 46.8 Å². The molecule has 1 heterocycles. The lowest BCUT2D eigenvalue weighted by Gasteiger charge is -2.70. The van der Waals surface area contributed by atoms with Crippen molar-refractivity contribution in [1.82, 2.24) is 4.90 Å². The van der Waals surface area contributed by atoms with Crippen LogP contribution in [0.15, 0.2) is 24.3 Å². The molecule has 5 aliphatic carbocycles. The van der Waals surface area contributed by atoms with Gasteiger partial charge in [0, 0.05) is 68.6 Å². The number of nitrogens with zero attached hydrogens (tertiary/aromatic N) is 1. The number of piperidine rings is 1. The van der Waals surface area contributed by atoms with Crippen LogP contribution in [0, 0.1) is 40.4 Å². The molecular formula is C36H52N2O9. The lowest BCUT2D eigenvalue weighted by atomic mass is 9.42. The first-order valence-corrected chi connectivity index (χ1v) is 17.4. The third-order valence-electron chi connectivity index (χ3n) is 14.0. The van der Waals surface area contributed by atoms with Gasteiger partial charge in [-0.3, -0.25) is 9.69 Å². The molecule has 47 heavy (non-hydrogen) atoms. The number of carbonyl (C=O) groups excluding carboxylic acids is 2. The second-order valence-electron chi connectivity index (χ2n) is 15.4. The van der Waals surface area contributed by atoms with Gasteiger partial charge >= 0.3 is 11.9 Å². The van der Waals surface area contributed by atoms with Gasteiger partial charge in [-0.1, -0.05) is 32.9 Å². The Bertz CT molecular complexity index is 1410. The molecular weight excluding hydrogens is 604 g/mol. The van der Waals surface area contributed by atoms with Gasteiger partial charge in [0.15, 0.2) is 0 Å². The highest BCUT2D eigenvalue weighted by atomic mass is 16.6. The Morgan fingerprint density at radius 2 is 1.85 bits per heavy atom. The number of carbonyl (C=O) groups is 2. The first kappa shape index (κ1) is 33.2. The third-order valence-corrected chi connectivity index (χ3v) is 14.0. The smallest absolute Gasteiger partial charge is 0.340 e. The molecule has 0 radical (unpaired) electrons. The summed E-state index contributed by atoms with van der Waals surface area (Å²) in [4.78, 5) is 29.2. The van der Waals surface area contributed by atoms with E-state index in [0.717, 1.165) is 0 Å². The lowest BCUT2D eigenvalue weighted by molar-refractivity contribution is -0.319. The molecule has 6 aliphatic rings. The SMILES string of the molecule is CC[C@H](C)C(=O)O[C@H]1[C@@H]2C[C@@H]3[C@H]1[C@](O)(C[C@@H]2OC)[C@]1(O)C2N(CC)C[C@]4(COC(=O)c5ccccc5N)CC[C@H](OC)[C@@]23[C@@H]4[C@@H]1OC. The minimum Gasteiger partial charge on any atom is -0.461 e. The number of benzene rings is 1. The summed E-state index contributed by atoms with van der Waals surface area (Å²) >= 11 is 0. The number of fused-ring (bicyclic) bond motifs is 2. The number of nitrogens with two attached hydrogens (primary N) is 1. The molecule has 5 saturated carbocycles. The summed E-state index contributed by atoms with van der Waals surface area (Å²) < 4.78 is 31.5. The van der Waals surface area contributed by atoms with Crippen molar-refractivity contribution in [3.8, 4) is 0 Å². The van der Waals surface area contributed by atoms with Crippen LogP contribution in [-0.4, -0.2) is 110 Å². The Morgan fingerprint density at radius 1 is 1.11 bits per heavy atom. The minimum atomic E-state index is -1.76. The highest BCUT2D eigenvalue weighted by molar-refractivity contribution is 5.95. The van der Waals surface area contributed by atoms with Gasteiger partial charge in [0.05, 0.1) is 42.4 Å². The quantitative estimate of drug-likeness (QED) is 0.252. The monoisotopic (exact) mass is 656 g/mol. The molecule has 1 aromatic rings. The number of hydrogen-bond acceptors (Lipinski definition) is 11. The standard InChI is InChI=1S/C36H52N2O9/c1-7-19(3)30(39)47-27-21-15-22-26(27)34(41,16-24(21)43-4)36(42)29(45-6)28-33(18-46-31(40)20-11-9-10-12-23(20)37)14-13-25(44-5)35(22,28)32(36)38(8-2)17-33/h9-12,19,21-22,24-29,32,41-42H,7-8,13-18,37H2,1-6H3/t19-,21+,22+,24-,25-,26+,27-,28+,29-,32?,33-,34+,35-,36+/m0/s1. The van der Waals surface area contributed by atoms with Crippen LogP contribution in [0.3, 0.4) is 0 Å². The van der Waals surface area contributed by atoms with Crippen molar-refractivity contribution < 1.29 is 43.5 Å². The number of aliphatic hydroxyl groups is 2. The number of rotatable bonds is 10. The van der Waals surface area contributed by atoms with E-state index in [1.165, 1.54) is 0 Å². The summed E-state index contributed by atoms with van der Waals surface area (Å²) in [5.41, 5.74) is 2.08. The second-order valence-corrected chi connectivity index (χ2v) is 15.4. The zero-order chi connectivity index (χ0) is 33.7. The van der Waals surface area contributed by atoms with E-state index in [4.69, 9.17) is 29.4 Å². The fourth-order valence-electron chi connectivity index (χ4n) is 12.2. The van der Waals surface area contributed by atoms with Crippen LogP contribution in [0.1, 0.15) is 63.2 Å². The maximum Gasteiger partial charge on any atom is 0.340 e. The third kappa shape index (κ3) is 4.01. The summed E-state index contributed by atoms with van der Waals surface area (Å²) in [6.07, 6.45) is 0.731. The summed E-state index contributed by atoms with van der Waals surface area (Å²) in [6, 6.07) is 6.39. The first-order valence-electron chi connectivity index (χ1n) is 17.4. The summed E-state index contributed by atoms with van der Waals surface area (Å²) in [5, 5.41) is 26.8. The Labute approximate surface area is 277 Å². The largest absolute Gasteiger partial charge is 0.461 e. The second kappa shape index (κ2) is 11.4. The van der Waals surface area contributed by atoms with Crippen LogP contribution >= 0.6 is 0 Å². The van der Waals surface area contributed by atoms with E-state index < -0.39 is 58.3 Å². The van der Waals surface area contributed by atoms with Crippen LogP contribution in [0.2, 0.25) is 0 Å². The summed E-state index contributed by atoms with van der Waals surface area (Å²) in [6.45, 7) is 7.16. The topological polar surface area (TPSA) is 150 Å². The fraction of sp³-hybridized carbons (Fsp3) is 0.778. The van der Waals surface area contributed by atoms with Gasteiger partial charge < -0.3 is 39.6 Å². The maximum atomic E-state index is 13.5. The van der Waals surface area contributed by atoms with Gasteiger partial charge in [0.2, 0.25) is 0 Å². The van der Waals surface area contributed by atoms with Crippen molar-refractivity contribution in [3.05, 3.63) is 29.8 Å². The van der Waals surface area contributed by atoms with E-state index in [0.29, 0.717) is 50.0 Å². The number of anilines is 1.